The van der Waals surface area contributed by atoms with Crippen molar-refractivity contribution in [1.29, 1.82) is 0 Å². The van der Waals surface area contributed by atoms with E-state index in [9.17, 15) is 27.9 Å². The van der Waals surface area contributed by atoms with Gasteiger partial charge in [0.25, 0.3) is 0 Å². The predicted molar refractivity (Wildman–Crippen MR) is 119 cm³/mol. The van der Waals surface area contributed by atoms with Crippen LogP contribution in [0.2, 0.25) is 0 Å². The van der Waals surface area contributed by atoms with Crippen LogP contribution in [0.4, 0.5) is 24.9 Å². The van der Waals surface area contributed by atoms with Crippen LogP contribution in [0.15, 0.2) is 42.6 Å². The Morgan fingerprint density at radius 1 is 1.03 bits per heavy atom. The Morgan fingerprint density at radius 2 is 1.71 bits per heavy atom. The molecule has 0 aliphatic heterocycles. The van der Waals surface area contributed by atoms with E-state index in [1.807, 2.05) is 0 Å². The van der Waals surface area contributed by atoms with Gasteiger partial charge in [-0.05, 0) is 30.7 Å². The van der Waals surface area contributed by atoms with E-state index in [-0.39, 0.29) is 41.7 Å². The van der Waals surface area contributed by atoms with Crippen molar-refractivity contribution >= 4 is 23.6 Å². The van der Waals surface area contributed by atoms with Crippen molar-refractivity contribution in [1.82, 2.24) is 15.0 Å². The number of nitrogens with one attached hydrogen (secondary N) is 2. The van der Waals surface area contributed by atoms with Crippen LogP contribution in [0.3, 0.4) is 0 Å². The van der Waals surface area contributed by atoms with Crippen LogP contribution in [0.25, 0.3) is 11.3 Å². The Kier molecular flexibility index (Phi) is 7.29. The molecule has 178 valence electrons. The molecule has 12 heteroatoms. The maximum atomic E-state index is 12.6. The summed E-state index contributed by atoms with van der Waals surface area (Å²) in [5.74, 6) is -1.36. The lowest BCUT2D eigenvalue weighted by molar-refractivity contribution is -0.137. The van der Waals surface area contributed by atoms with Gasteiger partial charge in [-0.2, -0.15) is 13.2 Å². The number of anilines is 2. The minimum Gasteiger partial charge on any atom is -0.478 e. The van der Waals surface area contributed by atoms with Crippen molar-refractivity contribution in [3.63, 3.8) is 0 Å². The van der Waals surface area contributed by atoms with Crippen LogP contribution in [-0.4, -0.2) is 45.0 Å². The van der Waals surface area contributed by atoms with E-state index in [4.69, 9.17) is 5.73 Å². The van der Waals surface area contributed by atoms with Crippen molar-refractivity contribution in [2.45, 2.75) is 19.5 Å². The molecule has 0 bridgehead atoms. The fraction of sp³-hybridized carbons (Fsp3) is 0.227. The number of nitrogens with zero attached hydrogens (tertiary/aromatic N) is 3. The smallest absolute Gasteiger partial charge is 0.417 e. The van der Waals surface area contributed by atoms with Gasteiger partial charge in [-0.1, -0.05) is 19.1 Å². The minimum absolute atomic E-state index is 0.0491. The van der Waals surface area contributed by atoms with Crippen molar-refractivity contribution in [2.75, 3.05) is 23.7 Å². The number of alkyl halides is 3. The van der Waals surface area contributed by atoms with Gasteiger partial charge in [0.2, 0.25) is 11.9 Å². The number of aromatic carboxylic acids is 1. The Hall–Kier alpha value is -4.22. The predicted octanol–water partition coefficient (Wildman–Crippen LogP) is 3.44. The van der Waals surface area contributed by atoms with Gasteiger partial charge >= 0.3 is 12.1 Å². The van der Waals surface area contributed by atoms with Gasteiger partial charge in [-0.3, -0.25) is 4.79 Å². The van der Waals surface area contributed by atoms with Gasteiger partial charge in [0.05, 0.1) is 17.0 Å². The third kappa shape index (κ3) is 5.77. The monoisotopic (exact) mass is 474 g/mol. The molecule has 9 nitrogen and oxygen atoms in total. The zero-order chi connectivity index (χ0) is 24.9. The summed E-state index contributed by atoms with van der Waals surface area (Å²) in [6.45, 7) is 2.32. The molecule has 0 atom stereocenters. The molecule has 0 saturated heterocycles. The van der Waals surface area contributed by atoms with Crippen molar-refractivity contribution in [3.8, 4) is 11.3 Å². The van der Waals surface area contributed by atoms with Gasteiger partial charge in [0.1, 0.15) is 11.4 Å². The van der Waals surface area contributed by atoms with E-state index in [1.165, 1.54) is 18.2 Å². The molecule has 1 aromatic carbocycles. The summed E-state index contributed by atoms with van der Waals surface area (Å²) in [5.41, 5.74) is 5.60. The minimum atomic E-state index is -4.46. The molecular weight excluding hydrogens is 453 g/mol. The summed E-state index contributed by atoms with van der Waals surface area (Å²) >= 11 is 0. The molecular formula is C22H21F3N6O3. The van der Waals surface area contributed by atoms with E-state index in [1.54, 1.807) is 19.1 Å². The summed E-state index contributed by atoms with van der Waals surface area (Å²) in [4.78, 5) is 35.6. The zero-order valence-corrected chi connectivity index (χ0v) is 18.0. The summed E-state index contributed by atoms with van der Waals surface area (Å²) in [7, 11) is 0. The first-order valence-corrected chi connectivity index (χ1v) is 10.2. The number of carboxylic acids is 1. The Bertz CT molecular complexity index is 1180. The lowest BCUT2D eigenvalue weighted by atomic mass is 10.0. The molecule has 0 saturated carbocycles. The normalized spacial score (nSPS) is 11.2. The standard InChI is InChI=1S/C22H21F3N6O3/c1-2-15-17(20(33)34)18(12-3-5-13(6-4-12)19(26)32)31-21(30-15)28-10-9-27-16-8-7-14(11-29-16)22(23,24)25/h3-8,11H,2,9-10H2,1H3,(H2,26,32)(H,27,29)(H,33,34)(H,28,30,31). The second-order valence-corrected chi connectivity index (χ2v) is 7.10. The largest absolute Gasteiger partial charge is 0.478 e. The average molecular weight is 474 g/mol. The van der Waals surface area contributed by atoms with E-state index < -0.39 is 23.6 Å². The highest BCUT2D eigenvalue weighted by molar-refractivity contribution is 5.97. The number of aromatic nitrogens is 3. The lowest BCUT2D eigenvalue weighted by Crippen LogP contribution is -2.18. The highest BCUT2D eigenvalue weighted by Crippen LogP contribution is 2.29. The second kappa shape index (κ2) is 10.1. The number of carbonyl (C=O) groups is 2. The van der Waals surface area contributed by atoms with Gasteiger partial charge in [-0.25, -0.2) is 19.7 Å². The third-order valence-corrected chi connectivity index (χ3v) is 4.78. The molecule has 0 aliphatic carbocycles. The number of amides is 1. The number of carboxylic acid groups (broad SMARTS) is 1. The van der Waals surface area contributed by atoms with Gasteiger partial charge < -0.3 is 21.5 Å². The Balaban J connectivity index is 1.76. The molecule has 0 unspecified atom stereocenters. The first-order chi connectivity index (χ1) is 16.1. The summed E-state index contributed by atoms with van der Waals surface area (Å²) in [5, 5.41) is 15.6. The van der Waals surface area contributed by atoms with Crippen LogP contribution in [0.5, 0.6) is 0 Å². The van der Waals surface area contributed by atoms with Crippen LogP contribution < -0.4 is 16.4 Å². The number of pyridine rings is 1. The van der Waals surface area contributed by atoms with E-state index in [2.05, 4.69) is 25.6 Å². The van der Waals surface area contributed by atoms with E-state index >= 15 is 0 Å². The average Bonchev–Trinajstić information content (AvgIpc) is 2.80. The van der Waals surface area contributed by atoms with Gasteiger partial charge in [0, 0.05) is 30.4 Å². The van der Waals surface area contributed by atoms with Gasteiger partial charge in [-0.15, -0.1) is 0 Å². The van der Waals surface area contributed by atoms with E-state index in [0.29, 0.717) is 17.7 Å². The fourth-order valence-electron chi connectivity index (χ4n) is 3.10. The van der Waals surface area contributed by atoms with Crippen LogP contribution in [-0.2, 0) is 12.6 Å². The van der Waals surface area contributed by atoms with Crippen LogP contribution in [0.1, 0.15) is 38.9 Å². The topological polar surface area (TPSA) is 143 Å². The van der Waals surface area contributed by atoms with Crippen LogP contribution >= 0.6 is 0 Å². The molecule has 1 amide bonds. The number of primary amides is 1. The number of carbonyl (C=O) groups excluding carboxylic acids is 1. The molecule has 34 heavy (non-hydrogen) atoms. The number of nitrogens with two attached hydrogens (primary N) is 1. The quantitative estimate of drug-likeness (QED) is 0.346. The SMILES string of the molecule is CCc1nc(NCCNc2ccc(C(F)(F)F)cn2)nc(-c2ccc(C(N)=O)cc2)c1C(=O)O. The molecule has 3 rings (SSSR count). The molecule has 0 fully saturated rings. The molecule has 0 aliphatic rings. The number of hydrogen-bond donors (Lipinski definition) is 4. The van der Waals surface area contributed by atoms with Gasteiger partial charge in [0.15, 0.2) is 0 Å². The fourth-order valence-corrected chi connectivity index (χ4v) is 3.10. The zero-order valence-electron chi connectivity index (χ0n) is 18.0. The maximum Gasteiger partial charge on any atom is 0.417 e. The first kappa shape index (κ1) is 24.4. The number of benzene rings is 1. The summed E-state index contributed by atoms with van der Waals surface area (Å²) in [6, 6.07) is 8.21. The Labute approximate surface area is 192 Å². The van der Waals surface area contributed by atoms with E-state index in [0.717, 1.165) is 12.3 Å². The summed E-state index contributed by atoms with van der Waals surface area (Å²) in [6.07, 6.45) is -3.38. The molecule has 0 spiro atoms. The number of rotatable bonds is 9. The molecule has 5 N–H and O–H groups in total. The maximum absolute atomic E-state index is 12.6. The van der Waals surface area contributed by atoms with Crippen molar-refractivity contribution in [3.05, 3.63) is 65.0 Å². The first-order valence-electron chi connectivity index (χ1n) is 10.2. The second-order valence-electron chi connectivity index (χ2n) is 7.10. The third-order valence-electron chi connectivity index (χ3n) is 4.78. The van der Waals surface area contributed by atoms with Crippen LogP contribution in [0, 0.1) is 0 Å². The van der Waals surface area contributed by atoms with Crippen molar-refractivity contribution < 1.29 is 27.9 Å². The highest BCUT2D eigenvalue weighted by Gasteiger charge is 2.30. The lowest BCUT2D eigenvalue weighted by Gasteiger charge is -2.14. The number of aryl methyl sites for hydroxylation is 1. The Morgan fingerprint density at radius 3 is 2.24 bits per heavy atom. The molecule has 3 aromatic rings. The number of halogens is 3. The molecule has 0 radical (unpaired) electrons. The molecule has 2 heterocycles. The van der Waals surface area contributed by atoms with Crippen molar-refractivity contribution in [2.24, 2.45) is 5.73 Å². The molecule has 2 aromatic heterocycles. The highest BCUT2D eigenvalue weighted by atomic mass is 19.4. The summed E-state index contributed by atoms with van der Waals surface area (Å²) < 4.78 is 37.9. The number of hydrogen-bond acceptors (Lipinski definition) is 7.